The van der Waals surface area contributed by atoms with E-state index in [1.54, 1.807) is 0 Å². The van der Waals surface area contributed by atoms with Crippen LogP contribution < -0.4 is 5.32 Å². The fraction of sp³-hybridized carbons (Fsp3) is 0.417. The number of hydrogen-bond donors (Lipinski definition) is 2. The minimum absolute atomic E-state index is 0.0844. The largest absolute Gasteiger partial charge is 0.302 e. The van der Waals surface area contributed by atoms with Gasteiger partial charge in [0.2, 0.25) is 5.91 Å². The molecule has 2 aromatic heterocycles. The molecule has 0 radical (unpaired) electrons. The molecule has 0 aliphatic rings. The van der Waals surface area contributed by atoms with Gasteiger partial charge in [-0.25, -0.2) is 4.98 Å². The van der Waals surface area contributed by atoms with Gasteiger partial charge in [-0.05, 0) is 19.4 Å². The van der Waals surface area contributed by atoms with Crippen molar-refractivity contribution in [3.8, 4) is 0 Å². The fourth-order valence-corrected chi connectivity index (χ4v) is 2.39. The van der Waals surface area contributed by atoms with Gasteiger partial charge in [0.25, 0.3) is 0 Å². The number of hydrogen-bond acceptors (Lipinski definition) is 4. The second-order valence-electron chi connectivity index (χ2n) is 4.16. The van der Waals surface area contributed by atoms with E-state index in [9.17, 15) is 4.79 Å². The molecule has 6 heteroatoms. The van der Waals surface area contributed by atoms with Crippen LogP contribution in [0, 0.1) is 6.92 Å². The predicted molar refractivity (Wildman–Crippen MR) is 71.8 cm³/mol. The number of aromatic nitrogens is 3. The number of rotatable bonds is 5. The van der Waals surface area contributed by atoms with E-state index in [4.69, 9.17) is 0 Å². The second kappa shape index (κ2) is 5.77. The molecule has 0 spiro atoms. The lowest BCUT2D eigenvalue weighted by Crippen LogP contribution is -2.14. The van der Waals surface area contributed by atoms with Crippen molar-refractivity contribution in [3.05, 3.63) is 28.5 Å². The van der Waals surface area contributed by atoms with Crippen molar-refractivity contribution in [1.82, 2.24) is 15.2 Å². The van der Waals surface area contributed by atoms with E-state index in [-0.39, 0.29) is 12.3 Å². The summed E-state index contributed by atoms with van der Waals surface area (Å²) in [5, 5.41) is 12.3. The van der Waals surface area contributed by atoms with Crippen LogP contribution in [-0.4, -0.2) is 21.1 Å². The molecular weight excluding hydrogens is 248 g/mol. The summed E-state index contributed by atoms with van der Waals surface area (Å²) in [6, 6.07) is 1.87. The summed E-state index contributed by atoms with van der Waals surface area (Å²) in [4.78, 5) is 16.1. The average molecular weight is 264 g/mol. The van der Waals surface area contributed by atoms with Gasteiger partial charge in [-0.3, -0.25) is 9.89 Å². The summed E-state index contributed by atoms with van der Waals surface area (Å²) < 4.78 is 0. The Morgan fingerprint density at radius 2 is 2.33 bits per heavy atom. The maximum atomic E-state index is 11.8. The van der Waals surface area contributed by atoms with Crippen LogP contribution in [0.15, 0.2) is 11.4 Å². The van der Waals surface area contributed by atoms with Crippen molar-refractivity contribution >= 4 is 22.4 Å². The molecule has 0 saturated heterocycles. The number of nitrogens with zero attached hydrogens (tertiary/aromatic N) is 2. The Balaban J connectivity index is 1.90. The van der Waals surface area contributed by atoms with Crippen LogP contribution in [0.25, 0.3) is 0 Å². The predicted octanol–water partition coefficient (Wildman–Crippen LogP) is 2.31. The molecule has 2 rings (SSSR count). The van der Waals surface area contributed by atoms with Crippen LogP contribution in [0.4, 0.5) is 5.13 Å². The van der Waals surface area contributed by atoms with Crippen molar-refractivity contribution in [2.24, 2.45) is 0 Å². The second-order valence-corrected chi connectivity index (χ2v) is 5.02. The third kappa shape index (κ3) is 3.40. The smallest absolute Gasteiger partial charge is 0.232 e. The van der Waals surface area contributed by atoms with E-state index in [2.05, 4.69) is 27.4 Å². The number of anilines is 1. The van der Waals surface area contributed by atoms with Gasteiger partial charge < -0.3 is 5.32 Å². The molecule has 18 heavy (non-hydrogen) atoms. The number of carbonyl (C=O) groups is 1. The van der Waals surface area contributed by atoms with E-state index in [1.807, 2.05) is 18.4 Å². The minimum atomic E-state index is -0.0844. The van der Waals surface area contributed by atoms with Gasteiger partial charge in [-0.15, -0.1) is 11.3 Å². The first-order valence-electron chi connectivity index (χ1n) is 5.92. The summed E-state index contributed by atoms with van der Waals surface area (Å²) in [6.07, 6.45) is 2.28. The molecule has 0 atom stereocenters. The molecule has 1 amide bonds. The van der Waals surface area contributed by atoms with E-state index < -0.39 is 0 Å². The van der Waals surface area contributed by atoms with Crippen LogP contribution in [-0.2, 0) is 17.6 Å². The number of nitrogens with one attached hydrogen (secondary N) is 2. The molecule has 0 bridgehead atoms. The van der Waals surface area contributed by atoms with Crippen molar-refractivity contribution in [1.29, 1.82) is 0 Å². The average Bonchev–Trinajstić information content (AvgIpc) is 2.89. The lowest BCUT2D eigenvalue weighted by atomic mass is 10.3. The molecule has 0 fully saturated rings. The summed E-state index contributed by atoms with van der Waals surface area (Å²) >= 11 is 1.46. The number of carbonyl (C=O) groups excluding carboxylic acids is 1. The van der Waals surface area contributed by atoms with Crippen molar-refractivity contribution in [3.63, 3.8) is 0 Å². The normalized spacial score (nSPS) is 10.6. The minimum Gasteiger partial charge on any atom is -0.302 e. The number of thiazole rings is 1. The zero-order valence-electron chi connectivity index (χ0n) is 10.5. The lowest BCUT2D eigenvalue weighted by Gasteiger charge is -1.98. The summed E-state index contributed by atoms with van der Waals surface area (Å²) in [5.74, 6) is -0.0844. The highest BCUT2D eigenvalue weighted by atomic mass is 32.1. The van der Waals surface area contributed by atoms with Crippen molar-refractivity contribution in [2.75, 3.05) is 5.32 Å². The van der Waals surface area contributed by atoms with E-state index in [0.29, 0.717) is 5.13 Å². The van der Waals surface area contributed by atoms with Gasteiger partial charge in [0.1, 0.15) is 0 Å². The number of H-pyrrole nitrogens is 1. The molecule has 96 valence electrons. The highest BCUT2D eigenvalue weighted by Gasteiger charge is 2.09. The van der Waals surface area contributed by atoms with Crippen LogP contribution >= 0.6 is 11.3 Å². The lowest BCUT2D eigenvalue weighted by molar-refractivity contribution is -0.115. The quantitative estimate of drug-likeness (QED) is 0.870. The fourth-order valence-electron chi connectivity index (χ4n) is 1.63. The van der Waals surface area contributed by atoms with Gasteiger partial charge >= 0.3 is 0 Å². The molecular formula is C12H16N4OS. The van der Waals surface area contributed by atoms with Gasteiger partial charge in [-0.2, -0.15) is 5.10 Å². The number of aryl methyl sites for hydroxylation is 2. The molecule has 0 saturated carbocycles. The van der Waals surface area contributed by atoms with Gasteiger partial charge in [-0.1, -0.05) is 13.3 Å². The molecule has 0 aromatic carbocycles. The Labute approximate surface area is 110 Å². The maximum Gasteiger partial charge on any atom is 0.232 e. The van der Waals surface area contributed by atoms with Gasteiger partial charge in [0, 0.05) is 11.1 Å². The number of amides is 1. The van der Waals surface area contributed by atoms with Crippen LogP contribution in [0.1, 0.15) is 30.4 Å². The Morgan fingerprint density at radius 3 is 3.00 bits per heavy atom. The molecule has 0 unspecified atom stereocenters. The zero-order valence-corrected chi connectivity index (χ0v) is 11.3. The first-order chi connectivity index (χ1) is 8.67. The first-order valence-corrected chi connectivity index (χ1v) is 6.80. The first kappa shape index (κ1) is 12.8. The molecule has 5 nitrogen and oxygen atoms in total. The molecule has 0 aliphatic heterocycles. The molecule has 2 aromatic rings. The molecule has 2 heterocycles. The van der Waals surface area contributed by atoms with Crippen LogP contribution in [0.2, 0.25) is 0 Å². The maximum absolute atomic E-state index is 11.8. The SMILES string of the molecule is CCCc1csc(NC(=O)Cc2cc(C)[nH]n2)n1. The monoisotopic (exact) mass is 264 g/mol. The Kier molecular flexibility index (Phi) is 4.09. The van der Waals surface area contributed by atoms with Crippen molar-refractivity contribution < 1.29 is 4.79 Å². The van der Waals surface area contributed by atoms with E-state index in [1.165, 1.54) is 11.3 Å². The molecule has 0 aliphatic carbocycles. The summed E-state index contributed by atoms with van der Waals surface area (Å²) in [6.45, 7) is 4.02. The third-order valence-corrected chi connectivity index (χ3v) is 3.21. The highest BCUT2D eigenvalue weighted by molar-refractivity contribution is 7.13. The third-order valence-electron chi connectivity index (χ3n) is 2.40. The topological polar surface area (TPSA) is 70.7 Å². The number of aromatic amines is 1. The van der Waals surface area contributed by atoms with Gasteiger partial charge in [0.05, 0.1) is 17.8 Å². The molecule has 2 N–H and O–H groups in total. The summed E-state index contributed by atoms with van der Waals surface area (Å²) in [7, 11) is 0. The Bertz CT molecular complexity index is 532. The summed E-state index contributed by atoms with van der Waals surface area (Å²) in [5.41, 5.74) is 2.74. The van der Waals surface area contributed by atoms with Crippen LogP contribution in [0.5, 0.6) is 0 Å². The zero-order chi connectivity index (χ0) is 13.0. The Morgan fingerprint density at radius 1 is 1.50 bits per heavy atom. The highest BCUT2D eigenvalue weighted by Crippen LogP contribution is 2.16. The van der Waals surface area contributed by atoms with Gasteiger partial charge in [0.15, 0.2) is 5.13 Å². The Hall–Kier alpha value is -1.69. The van der Waals surface area contributed by atoms with Crippen LogP contribution in [0.3, 0.4) is 0 Å². The van der Waals surface area contributed by atoms with Crippen molar-refractivity contribution in [2.45, 2.75) is 33.1 Å². The van der Waals surface area contributed by atoms with E-state index in [0.717, 1.165) is 29.9 Å². The van der Waals surface area contributed by atoms with E-state index >= 15 is 0 Å². The standard InChI is InChI=1S/C12H16N4OS/c1-3-4-9-7-18-12(13-9)14-11(17)6-10-5-8(2)15-16-10/h5,7H,3-4,6H2,1-2H3,(H,15,16)(H,13,14,17).